The van der Waals surface area contributed by atoms with Gasteiger partial charge in [-0.2, -0.15) is 0 Å². The van der Waals surface area contributed by atoms with Gasteiger partial charge in [0.1, 0.15) is 0 Å². The normalized spacial score (nSPS) is 13.3. The van der Waals surface area contributed by atoms with Crippen LogP contribution in [0.25, 0.3) is 0 Å². The van der Waals surface area contributed by atoms with Gasteiger partial charge in [-0.3, -0.25) is 0 Å². The highest BCUT2D eigenvalue weighted by atomic mass is 32.2. The van der Waals surface area contributed by atoms with Gasteiger partial charge in [-0.15, -0.1) is 11.3 Å². The Bertz CT molecular complexity index is 691. The van der Waals surface area contributed by atoms with Crippen LogP contribution in [0.2, 0.25) is 0 Å². The summed E-state index contributed by atoms with van der Waals surface area (Å²) in [6.07, 6.45) is 0. The second-order valence-corrected chi connectivity index (χ2v) is 8.14. The number of sulfonamides is 1. The Hall–Kier alpha value is -1.21. The van der Waals surface area contributed by atoms with Crippen molar-refractivity contribution >= 4 is 21.4 Å². The fraction of sp³-hybridized carbons (Fsp3) is 0.333. The van der Waals surface area contributed by atoms with Gasteiger partial charge >= 0.3 is 0 Å². The highest BCUT2D eigenvalue weighted by molar-refractivity contribution is 7.88. The smallest absolute Gasteiger partial charge is 0.216 e. The molecule has 0 radical (unpaired) electrons. The molecule has 6 heteroatoms. The van der Waals surface area contributed by atoms with Gasteiger partial charge in [0.2, 0.25) is 10.0 Å². The van der Waals surface area contributed by atoms with E-state index in [0.29, 0.717) is 6.54 Å². The zero-order valence-corrected chi connectivity index (χ0v) is 13.8. The van der Waals surface area contributed by atoms with Crippen molar-refractivity contribution in [3.63, 3.8) is 0 Å². The molecule has 3 N–H and O–H groups in total. The van der Waals surface area contributed by atoms with Gasteiger partial charge < -0.3 is 5.73 Å². The second-order valence-electron chi connectivity index (χ2n) is 5.07. The van der Waals surface area contributed by atoms with E-state index in [1.54, 1.807) is 23.5 Å². The standard InChI is InChI=1S/C15H20N2O2S2/c1-11-3-8-15(20-11)12(2)17-21(18,19)10-14-6-4-13(9-16)5-7-14/h3-8,12,17H,9-10,16H2,1-2H3. The molecular weight excluding hydrogens is 304 g/mol. The van der Waals surface area contributed by atoms with Crippen LogP contribution >= 0.6 is 11.3 Å². The van der Waals surface area contributed by atoms with Crippen molar-refractivity contribution in [3.8, 4) is 0 Å². The molecule has 0 aliphatic rings. The molecule has 1 atom stereocenters. The maximum absolute atomic E-state index is 12.2. The SMILES string of the molecule is Cc1ccc(C(C)NS(=O)(=O)Cc2ccc(CN)cc2)s1. The molecule has 0 amide bonds. The van der Waals surface area contributed by atoms with E-state index >= 15 is 0 Å². The lowest BCUT2D eigenvalue weighted by Crippen LogP contribution is -2.27. The number of nitrogens with one attached hydrogen (secondary N) is 1. The first-order chi connectivity index (χ1) is 9.89. The van der Waals surface area contributed by atoms with Gasteiger partial charge in [-0.25, -0.2) is 13.1 Å². The summed E-state index contributed by atoms with van der Waals surface area (Å²) in [5.74, 6) is -0.0213. The summed E-state index contributed by atoms with van der Waals surface area (Å²) in [7, 11) is -3.37. The van der Waals surface area contributed by atoms with Crippen LogP contribution in [0.3, 0.4) is 0 Å². The van der Waals surface area contributed by atoms with Crippen LogP contribution in [0.15, 0.2) is 36.4 Å². The minimum Gasteiger partial charge on any atom is -0.326 e. The van der Waals surface area contributed by atoms with Crippen LogP contribution in [0, 0.1) is 6.92 Å². The van der Waals surface area contributed by atoms with Gasteiger partial charge in [-0.1, -0.05) is 24.3 Å². The first-order valence-corrected chi connectivity index (χ1v) is 9.21. The fourth-order valence-corrected chi connectivity index (χ4v) is 4.38. The van der Waals surface area contributed by atoms with Gasteiger partial charge in [0.05, 0.1) is 11.8 Å². The van der Waals surface area contributed by atoms with Crippen molar-refractivity contribution in [2.75, 3.05) is 0 Å². The lowest BCUT2D eigenvalue weighted by Gasteiger charge is -2.13. The predicted molar refractivity (Wildman–Crippen MR) is 87.6 cm³/mol. The molecule has 2 aromatic rings. The third-order valence-corrected chi connectivity index (χ3v) is 5.77. The van der Waals surface area contributed by atoms with E-state index in [1.165, 1.54) is 4.88 Å². The summed E-state index contributed by atoms with van der Waals surface area (Å²) in [5.41, 5.74) is 7.28. The van der Waals surface area contributed by atoms with Crippen molar-refractivity contribution in [1.29, 1.82) is 0 Å². The van der Waals surface area contributed by atoms with Crippen LogP contribution in [-0.2, 0) is 22.3 Å². The van der Waals surface area contributed by atoms with Crippen LogP contribution in [0.4, 0.5) is 0 Å². The van der Waals surface area contributed by atoms with E-state index < -0.39 is 10.0 Å². The van der Waals surface area contributed by atoms with Gasteiger partial charge in [0.25, 0.3) is 0 Å². The number of rotatable bonds is 6. The molecule has 21 heavy (non-hydrogen) atoms. The maximum Gasteiger partial charge on any atom is 0.216 e. The number of benzene rings is 1. The number of thiophene rings is 1. The van der Waals surface area contributed by atoms with E-state index in [1.807, 2.05) is 38.1 Å². The summed E-state index contributed by atoms with van der Waals surface area (Å²) in [6.45, 7) is 4.33. The Kier molecular flexibility index (Phi) is 5.16. The third kappa shape index (κ3) is 4.64. The minimum atomic E-state index is -3.37. The van der Waals surface area contributed by atoms with E-state index in [2.05, 4.69) is 4.72 Å². The predicted octanol–water partition coefficient (Wildman–Crippen LogP) is 2.70. The van der Waals surface area contributed by atoms with E-state index in [-0.39, 0.29) is 11.8 Å². The molecule has 0 aliphatic heterocycles. The summed E-state index contributed by atoms with van der Waals surface area (Å²) in [4.78, 5) is 2.20. The first-order valence-electron chi connectivity index (χ1n) is 6.74. The number of aryl methyl sites for hydroxylation is 1. The van der Waals surface area contributed by atoms with E-state index in [4.69, 9.17) is 5.73 Å². The largest absolute Gasteiger partial charge is 0.326 e. The molecule has 0 saturated carbocycles. The number of hydrogen-bond acceptors (Lipinski definition) is 4. The van der Waals surface area contributed by atoms with E-state index in [0.717, 1.165) is 16.0 Å². The molecule has 0 bridgehead atoms. The molecule has 0 fully saturated rings. The summed E-state index contributed by atoms with van der Waals surface area (Å²) >= 11 is 1.61. The quantitative estimate of drug-likeness (QED) is 0.858. The average molecular weight is 324 g/mol. The number of hydrogen-bond donors (Lipinski definition) is 2. The summed E-state index contributed by atoms with van der Waals surface area (Å²) < 4.78 is 27.1. The molecule has 2 rings (SSSR count). The van der Waals surface area contributed by atoms with E-state index in [9.17, 15) is 8.42 Å². The molecular formula is C15H20N2O2S2. The zero-order valence-electron chi connectivity index (χ0n) is 12.2. The monoisotopic (exact) mass is 324 g/mol. The molecule has 0 saturated heterocycles. The average Bonchev–Trinajstić information content (AvgIpc) is 2.85. The Labute approximate surface area is 130 Å². The highest BCUT2D eigenvalue weighted by Crippen LogP contribution is 2.23. The molecule has 1 unspecified atom stereocenters. The van der Waals surface area contributed by atoms with Crippen molar-refractivity contribution < 1.29 is 8.42 Å². The topological polar surface area (TPSA) is 72.2 Å². The molecule has 4 nitrogen and oxygen atoms in total. The maximum atomic E-state index is 12.2. The lowest BCUT2D eigenvalue weighted by atomic mass is 10.1. The second kappa shape index (κ2) is 6.70. The van der Waals surface area contributed by atoms with Crippen molar-refractivity contribution in [2.45, 2.75) is 32.2 Å². The summed E-state index contributed by atoms with van der Waals surface area (Å²) in [5, 5.41) is 0. The Morgan fingerprint density at radius 2 is 1.76 bits per heavy atom. The Morgan fingerprint density at radius 1 is 1.14 bits per heavy atom. The lowest BCUT2D eigenvalue weighted by molar-refractivity contribution is 0.567. The summed E-state index contributed by atoms with van der Waals surface area (Å²) in [6, 6.07) is 11.1. The van der Waals surface area contributed by atoms with Crippen molar-refractivity contribution in [2.24, 2.45) is 5.73 Å². The minimum absolute atomic E-state index is 0.0213. The van der Waals surface area contributed by atoms with Crippen molar-refractivity contribution in [1.82, 2.24) is 4.72 Å². The van der Waals surface area contributed by atoms with Gasteiger partial charge in [0, 0.05) is 16.3 Å². The molecule has 1 aromatic carbocycles. The molecule has 0 aliphatic carbocycles. The molecule has 0 spiro atoms. The number of nitrogens with two attached hydrogens (primary N) is 1. The highest BCUT2D eigenvalue weighted by Gasteiger charge is 2.17. The van der Waals surface area contributed by atoms with Crippen LogP contribution < -0.4 is 10.5 Å². The molecule has 114 valence electrons. The zero-order chi connectivity index (χ0) is 15.5. The Morgan fingerprint density at radius 3 is 2.29 bits per heavy atom. The van der Waals surface area contributed by atoms with Gasteiger partial charge in [0.15, 0.2) is 0 Å². The molecule has 1 heterocycles. The van der Waals surface area contributed by atoms with Crippen molar-refractivity contribution in [3.05, 3.63) is 57.3 Å². The van der Waals surface area contributed by atoms with Crippen LogP contribution in [0.5, 0.6) is 0 Å². The molecule has 1 aromatic heterocycles. The van der Waals surface area contributed by atoms with Crippen LogP contribution in [-0.4, -0.2) is 8.42 Å². The Balaban J connectivity index is 2.04. The first kappa shape index (κ1) is 16.2. The van der Waals surface area contributed by atoms with Gasteiger partial charge in [-0.05, 0) is 37.1 Å². The van der Waals surface area contributed by atoms with Crippen LogP contribution in [0.1, 0.15) is 33.8 Å². The third-order valence-electron chi connectivity index (χ3n) is 3.16. The fourth-order valence-electron chi connectivity index (χ4n) is 2.05.